The summed E-state index contributed by atoms with van der Waals surface area (Å²) in [5, 5.41) is 5.37. The highest BCUT2D eigenvalue weighted by atomic mass is 127. The van der Waals surface area contributed by atoms with E-state index in [-0.39, 0.29) is 23.8 Å². The average molecular weight is 688 g/mol. The Kier molecular flexibility index (Phi) is 9.34. The topological polar surface area (TPSA) is 114 Å². The maximum atomic E-state index is 13.4. The molecule has 1 heterocycles. The second kappa shape index (κ2) is 12.7. The number of rotatable bonds is 8. The molecule has 4 rings (SSSR count). The van der Waals surface area contributed by atoms with Crippen LogP contribution in [0.1, 0.15) is 29.2 Å². The highest BCUT2D eigenvalue weighted by Gasteiger charge is 2.37. The molecule has 41 heavy (non-hydrogen) atoms. The zero-order valence-corrected chi connectivity index (χ0v) is 25.7. The number of urea groups is 1. The number of ether oxygens (including phenoxy) is 2. The zero-order chi connectivity index (χ0) is 29.8. The van der Waals surface area contributed by atoms with Gasteiger partial charge in [-0.1, -0.05) is 23.7 Å². The molecular weight excluding hydrogens is 661 g/mol. The summed E-state index contributed by atoms with van der Waals surface area (Å²) in [5.41, 5.74) is 3.95. The van der Waals surface area contributed by atoms with Gasteiger partial charge in [0.25, 0.3) is 17.7 Å². The van der Waals surface area contributed by atoms with Gasteiger partial charge in [0.1, 0.15) is 5.57 Å². The van der Waals surface area contributed by atoms with Gasteiger partial charge in [-0.05, 0) is 115 Å². The van der Waals surface area contributed by atoms with Crippen molar-refractivity contribution in [2.75, 3.05) is 23.4 Å². The number of carbonyl (C=O) groups is 4. The van der Waals surface area contributed by atoms with Gasteiger partial charge in [-0.2, -0.15) is 0 Å². The monoisotopic (exact) mass is 687 g/mol. The molecule has 9 nitrogen and oxygen atoms in total. The maximum absolute atomic E-state index is 13.4. The summed E-state index contributed by atoms with van der Waals surface area (Å²) < 4.78 is 12.2. The van der Waals surface area contributed by atoms with Gasteiger partial charge in [-0.3, -0.25) is 19.7 Å². The van der Waals surface area contributed by atoms with Crippen LogP contribution in [0.3, 0.4) is 0 Å². The van der Waals surface area contributed by atoms with E-state index in [0.29, 0.717) is 43.5 Å². The number of barbiturate groups is 1. The third kappa shape index (κ3) is 6.88. The largest absolute Gasteiger partial charge is 0.490 e. The average Bonchev–Trinajstić information content (AvgIpc) is 2.90. The first-order chi connectivity index (χ1) is 19.5. The van der Waals surface area contributed by atoms with E-state index in [1.807, 2.05) is 54.6 Å². The summed E-state index contributed by atoms with van der Waals surface area (Å²) in [6.45, 7) is 7.52. The fraction of sp³-hybridized carbons (Fsp3) is 0.200. The van der Waals surface area contributed by atoms with Crippen molar-refractivity contribution >= 4 is 75.4 Å². The molecule has 1 fully saturated rings. The summed E-state index contributed by atoms with van der Waals surface area (Å²) >= 11 is 8.13. The fourth-order valence-electron chi connectivity index (χ4n) is 4.09. The van der Waals surface area contributed by atoms with Crippen LogP contribution in [0.5, 0.6) is 11.5 Å². The highest BCUT2D eigenvalue weighted by Crippen LogP contribution is 2.36. The lowest BCUT2D eigenvalue weighted by molar-refractivity contribution is -0.122. The molecule has 0 aromatic heterocycles. The number of hydrogen-bond acceptors (Lipinski definition) is 6. The van der Waals surface area contributed by atoms with Crippen molar-refractivity contribution in [2.24, 2.45) is 0 Å². The first kappa shape index (κ1) is 30.1. The van der Waals surface area contributed by atoms with Gasteiger partial charge in [0.2, 0.25) is 0 Å². The third-order valence-corrected chi connectivity index (χ3v) is 7.33. The van der Waals surface area contributed by atoms with Crippen molar-refractivity contribution < 1.29 is 28.7 Å². The normalized spacial score (nSPS) is 14.2. The molecule has 0 saturated carbocycles. The third-order valence-electron chi connectivity index (χ3n) is 6.29. The molecule has 212 valence electrons. The van der Waals surface area contributed by atoms with Crippen LogP contribution in [-0.2, 0) is 14.4 Å². The molecule has 3 aromatic carbocycles. The van der Waals surface area contributed by atoms with Crippen molar-refractivity contribution in [3.05, 3.63) is 85.0 Å². The minimum atomic E-state index is -0.866. The van der Waals surface area contributed by atoms with E-state index >= 15 is 0 Å². The Hall–Kier alpha value is -3.90. The van der Waals surface area contributed by atoms with E-state index < -0.39 is 17.8 Å². The lowest BCUT2D eigenvalue weighted by Gasteiger charge is -2.27. The Bertz CT molecular complexity index is 1600. The number of anilines is 2. The van der Waals surface area contributed by atoms with Crippen molar-refractivity contribution in [3.63, 3.8) is 0 Å². The van der Waals surface area contributed by atoms with Crippen LogP contribution in [0.25, 0.3) is 6.08 Å². The Morgan fingerprint density at radius 1 is 1.00 bits per heavy atom. The number of aryl methyl sites for hydroxylation is 3. The number of halogens is 2. The number of imide groups is 2. The Morgan fingerprint density at radius 2 is 1.73 bits per heavy atom. The molecule has 0 bridgehead atoms. The number of carbonyl (C=O) groups excluding carboxylic acids is 4. The number of benzene rings is 3. The first-order valence-electron chi connectivity index (χ1n) is 12.6. The van der Waals surface area contributed by atoms with Crippen molar-refractivity contribution in [2.45, 2.75) is 27.7 Å². The van der Waals surface area contributed by atoms with Gasteiger partial charge in [-0.15, -0.1) is 0 Å². The summed E-state index contributed by atoms with van der Waals surface area (Å²) in [5.74, 6) is -1.29. The second-order valence-electron chi connectivity index (χ2n) is 9.29. The summed E-state index contributed by atoms with van der Waals surface area (Å²) in [7, 11) is 0. The minimum Gasteiger partial charge on any atom is -0.490 e. The quantitative estimate of drug-likeness (QED) is 0.172. The van der Waals surface area contributed by atoms with Gasteiger partial charge in [0.05, 0.1) is 15.9 Å². The number of nitrogens with zero attached hydrogens (tertiary/aromatic N) is 1. The first-order valence-corrected chi connectivity index (χ1v) is 14.1. The fourth-order valence-corrected chi connectivity index (χ4v) is 5.04. The predicted octanol–water partition coefficient (Wildman–Crippen LogP) is 5.95. The van der Waals surface area contributed by atoms with Crippen LogP contribution >= 0.6 is 34.2 Å². The molecule has 0 radical (unpaired) electrons. The zero-order valence-electron chi connectivity index (χ0n) is 22.8. The molecule has 0 spiro atoms. The Labute approximate surface area is 256 Å². The van der Waals surface area contributed by atoms with E-state index in [9.17, 15) is 19.2 Å². The van der Waals surface area contributed by atoms with Gasteiger partial charge in [0, 0.05) is 10.7 Å². The van der Waals surface area contributed by atoms with E-state index in [4.69, 9.17) is 21.1 Å². The molecular formula is C30H27ClIN3O6. The Balaban J connectivity index is 1.59. The molecule has 2 N–H and O–H groups in total. The minimum absolute atomic E-state index is 0.247. The molecule has 11 heteroatoms. The SMILES string of the molecule is CCOc1cc(/C=C2\C(=O)NC(=O)N(c3cc(Cl)ccc3C)C2=O)cc(I)c1OCC(=O)Nc1ccc(C)c(C)c1. The van der Waals surface area contributed by atoms with E-state index in [1.165, 1.54) is 12.1 Å². The van der Waals surface area contributed by atoms with Crippen LogP contribution < -0.4 is 25.0 Å². The molecule has 1 aliphatic heterocycles. The molecule has 0 aliphatic carbocycles. The molecule has 1 aliphatic rings. The van der Waals surface area contributed by atoms with Crippen molar-refractivity contribution in [1.29, 1.82) is 0 Å². The molecule has 1 saturated heterocycles. The van der Waals surface area contributed by atoms with Crippen LogP contribution in [0.15, 0.2) is 54.1 Å². The predicted molar refractivity (Wildman–Crippen MR) is 166 cm³/mol. The highest BCUT2D eigenvalue weighted by molar-refractivity contribution is 14.1. The smallest absolute Gasteiger partial charge is 0.335 e. The lowest BCUT2D eigenvalue weighted by Crippen LogP contribution is -2.54. The van der Waals surface area contributed by atoms with Crippen LogP contribution in [0, 0.1) is 24.3 Å². The molecule has 0 atom stereocenters. The van der Waals surface area contributed by atoms with Gasteiger partial charge in [0.15, 0.2) is 18.1 Å². The molecule has 3 aromatic rings. The summed E-state index contributed by atoms with van der Waals surface area (Å²) in [6.07, 6.45) is 1.37. The Morgan fingerprint density at radius 3 is 2.44 bits per heavy atom. The second-order valence-corrected chi connectivity index (χ2v) is 10.9. The maximum Gasteiger partial charge on any atom is 0.335 e. The number of amides is 5. The standard InChI is InChI=1S/C30H27ClIN3O6/c1-5-40-25-13-19(12-23(32)27(25)41-15-26(36)33-21-9-7-16(2)18(4)10-21)11-22-28(37)34-30(39)35(29(22)38)24-14-20(31)8-6-17(24)3/h6-14H,5,15H2,1-4H3,(H,33,36)(H,34,37,39)/b22-11+. The van der Waals surface area contributed by atoms with Crippen molar-refractivity contribution in [1.82, 2.24) is 5.32 Å². The number of nitrogens with one attached hydrogen (secondary N) is 2. The van der Waals surface area contributed by atoms with Gasteiger partial charge < -0.3 is 14.8 Å². The van der Waals surface area contributed by atoms with Crippen LogP contribution in [0.4, 0.5) is 16.2 Å². The summed E-state index contributed by atoms with van der Waals surface area (Å²) in [4.78, 5) is 52.2. The van der Waals surface area contributed by atoms with E-state index in [2.05, 4.69) is 10.6 Å². The van der Waals surface area contributed by atoms with Crippen LogP contribution in [0.2, 0.25) is 5.02 Å². The van der Waals surface area contributed by atoms with Gasteiger partial charge >= 0.3 is 6.03 Å². The number of hydrogen-bond donors (Lipinski definition) is 2. The van der Waals surface area contributed by atoms with Gasteiger partial charge in [-0.25, -0.2) is 9.69 Å². The summed E-state index contributed by atoms with van der Waals surface area (Å²) in [6, 6.07) is 12.9. The van der Waals surface area contributed by atoms with E-state index in [0.717, 1.165) is 16.0 Å². The van der Waals surface area contributed by atoms with Crippen LogP contribution in [-0.4, -0.2) is 37.0 Å². The van der Waals surface area contributed by atoms with Crippen molar-refractivity contribution in [3.8, 4) is 11.5 Å². The lowest BCUT2D eigenvalue weighted by atomic mass is 10.1. The molecule has 5 amide bonds. The van der Waals surface area contributed by atoms with E-state index in [1.54, 1.807) is 38.1 Å². The molecule has 0 unspecified atom stereocenters.